The highest BCUT2D eigenvalue weighted by Crippen LogP contribution is 2.43. The molecule has 1 unspecified atom stereocenters. The van der Waals surface area contributed by atoms with Crippen LogP contribution in [-0.2, 0) is 32.7 Å². The zero-order valence-electron chi connectivity index (χ0n) is 35.7. The Morgan fingerprint density at radius 3 is 1.42 bits per heavy atom. The quantitative estimate of drug-likeness (QED) is 0.0267. The zero-order chi connectivity index (χ0) is 40.3. The van der Waals surface area contributed by atoms with Gasteiger partial charge in [-0.1, -0.05) is 186 Å². The molecule has 0 aromatic rings. The third-order valence-corrected chi connectivity index (χ3v) is 10.8. The smallest absolute Gasteiger partial charge is 0.462 e. The van der Waals surface area contributed by atoms with Crippen LogP contribution in [0.1, 0.15) is 219 Å². The lowest BCUT2D eigenvalue weighted by Crippen LogP contribution is -2.29. The molecule has 0 fully saturated rings. The molecule has 0 aliphatic carbocycles. The Morgan fingerprint density at radius 1 is 0.545 bits per heavy atom. The molecule has 324 valence electrons. The number of allylic oxidation sites excluding steroid dienone is 4. The standard InChI is InChI=1S/C45H86NO8P/c1-3-5-7-9-11-13-15-17-19-21-23-25-27-29-31-33-35-37-44(47)51-41-43(42-53-55(49,50)52-40-39-46)54-45(48)38-36-34-32-30-28-26-24-22-20-18-16-14-12-10-8-6-4-2/h11,13,17,19,43H,3-10,12,14-16,18,20-42,46H2,1-2H3,(H,49,50)/b13-11+,19-17+/t43-/m1/s1. The number of carbonyl (C=O) groups excluding carboxylic acids is 2. The Morgan fingerprint density at radius 2 is 0.945 bits per heavy atom. The van der Waals surface area contributed by atoms with Gasteiger partial charge < -0.3 is 20.1 Å². The molecule has 0 saturated carbocycles. The number of nitrogens with two attached hydrogens (primary N) is 1. The number of hydrogen-bond acceptors (Lipinski definition) is 8. The van der Waals surface area contributed by atoms with Gasteiger partial charge in [0.05, 0.1) is 13.2 Å². The molecule has 0 bridgehead atoms. The maximum absolute atomic E-state index is 12.6. The van der Waals surface area contributed by atoms with Crippen LogP contribution in [0.15, 0.2) is 24.3 Å². The number of ether oxygens (including phenoxy) is 2. The van der Waals surface area contributed by atoms with E-state index in [2.05, 4.69) is 38.2 Å². The van der Waals surface area contributed by atoms with Gasteiger partial charge in [-0.3, -0.25) is 18.6 Å². The predicted molar refractivity (Wildman–Crippen MR) is 229 cm³/mol. The van der Waals surface area contributed by atoms with Crippen molar-refractivity contribution in [3.63, 3.8) is 0 Å². The second kappa shape index (κ2) is 42.1. The van der Waals surface area contributed by atoms with Crippen molar-refractivity contribution < 1.29 is 37.6 Å². The van der Waals surface area contributed by atoms with E-state index in [4.69, 9.17) is 24.3 Å². The molecule has 0 aromatic heterocycles. The van der Waals surface area contributed by atoms with Crippen LogP contribution in [-0.4, -0.2) is 49.3 Å². The molecule has 55 heavy (non-hydrogen) atoms. The van der Waals surface area contributed by atoms with Crippen molar-refractivity contribution in [3.05, 3.63) is 24.3 Å². The topological polar surface area (TPSA) is 134 Å². The van der Waals surface area contributed by atoms with Crippen molar-refractivity contribution in [2.24, 2.45) is 5.73 Å². The van der Waals surface area contributed by atoms with Crippen LogP contribution < -0.4 is 5.73 Å². The van der Waals surface area contributed by atoms with Crippen molar-refractivity contribution in [3.8, 4) is 0 Å². The first-order valence-corrected chi connectivity index (χ1v) is 24.3. The molecule has 0 amide bonds. The fraction of sp³-hybridized carbons (Fsp3) is 0.867. The molecule has 0 spiro atoms. The van der Waals surface area contributed by atoms with Gasteiger partial charge in [0.2, 0.25) is 0 Å². The highest BCUT2D eigenvalue weighted by molar-refractivity contribution is 7.47. The lowest BCUT2D eigenvalue weighted by molar-refractivity contribution is -0.161. The number of phosphoric acid groups is 1. The van der Waals surface area contributed by atoms with E-state index >= 15 is 0 Å². The van der Waals surface area contributed by atoms with Gasteiger partial charge in [0.15, 0.2) is 6.10 Å². The van der Waals surface area contributed by atoms with E-state index < -0.39 is 26.5 Å². The van der Waals surface area contributed by atoms with Crippen molar-refractivity contribution in [1.82, 2.24) is 0 Å². The van der Waals surface area contributed by atoms with Gasteiger partial charge in [-0.2, -0.15) is 0 Å². The lowest BCUT2D eigenvalue weighted by atomic mass is 10.0. The normalized spacial score (nSPS) is 13.5. The van der Waals surface area contributed by atoms with Gasteiger partial charge >= 0.3 is 19.8 Å². The fourth-order valence-corrected chi connectivity index (χ4v) is 7.20. The van der Waals surface area contributed by atoms with Crippen molar-refractivity contribution >= 4 is 19.8 Å². The summed E-state index contributed by atoms with van der Waals surface area (Å²) in [4.78, 5) is 34.9. The maximum Gasteiger partial charge on any atom is 0.472 e. The SMILES string of the molecule is CCCCC/C=C/C/C=C/CCCCCCCCCC(=O)OC[C@H](COP(=O)(O)OCCN)OC(=O)CCCCCCCCCCCCCCCCCCC. The second-order valence-corrected chi connectivity index (χ2v) is 16.7. The third kappa shape index (κ3) is 41.9. The monoisotopic (exact) mass is 800 g/mol. The van der Waals surface area contributed by atoms with Gasteiger partial charge in [-0.05, 0) is 44.9 Å². The maximum atomic E-state index is 12.6. The molecule has 2 atom stereocenters. The number of unbranched alkanes of at least 4 members (excludes halogenated alkanes) is 26. The van der Waals surface area contributed by atoms with E-state index in [9.17, 15) is 19.0 Å². The molecular weight excluding hydrogens is 713 g/mol. The zero-order valence-corrected chi connectivity index (χ0v) is 36.6. The van der Waals surface area contributed by atoms with Gasteiger partial charge in [-0.25, -0.2) is 4.57 Å². The minimum atomic E-state index is -4.38. The molecule has 0 aliphatic heterocycles. The van der Waals surface area contributed by atoms with E-state index in [1.54, 1.807) is 0 Å². The van der Waals surface area contributed by atoms with Crippen LogP contribution in [0.2, 0.25) is 0 Å². The van der Waals surface area contributed by atoms with E-state index in [-0.39, 0.29) is 38.6 Å². The van der Waals surface area contributed by atoms with Crippen molar-refractivity contribution in [1.29, 1.82) is 0 Å². The molecule has 3 N–H and O–H groups in total. The summed E-state index contributed by atoms with van der Waals surface area (Å²) in [5.41, 5.74) is 5.35. The molecule has 0 saturated heterocycles. The van der Waals surface area contributed by atoms with Gasteiger partial charge in [0.1, 0.15) is 6.61 Å². The van der Waals surface area contributed by atoms with E-state index in [1.165, 1.54) is 135 Å². The predicted octanol–water partition coefficient (Wildman–Crippen LogP) is 13.2. The molecule has 0 aliphatic rings. The summed E-state index contributed by atoms with van der Waals surface area (Å²) in [7, 11) is -4.38. The first-order chi connectivity index (χ1) is 26.8. The Balaban J connectivity index is 4.11. The number of rotatable bonds is 43. The number of carbonyl (C=O) groups is 2. The molecule has 0 aromatic carbocycles. The summed E-state index contributed by atoms with van der Waals surface area (Å²) < 4.78 is 32.8. The van der Waals surface area contributed by atoms with Crippen molar-refractivity contribution in [2.45, 2.75) is 225 Å². The third-order valence-electron chi connectivity index (χ3n) is 9.84. The summed E-state index contributed by atoms with van der Waals surface area (Å²) in [6, 6.07) is 0. The number of phosphoric ester groups is 1. The fourth-order valence-electron chi connectivity index (χ4n) is 6.43. The van der Waals surface area contributed by atoms with Crippen molar-refractivity contribution in [2.75, 3.05) is 26.4 Å². The largest absolute Gasteiger partial charge is 0.472 e. The van der Waals surface area contributed by atoms with Crippen LogP contribution in [0.5, 0.6) is 0 Å². The van der Waals surface area contributed by atoms with Crippen LogP contribution >= 0.6 is 7.82 Å². The first kappa shape index (κ1) is 53.5. The lowest BCUT2D eigenvalue weighted by Gasteiger charge is -2.19. The van der Waals surface area contributed by atoms with E-state index in [1.807, 2.05) is 0 Å². The highest BCUT2D eigenvalue weighted by atomic mass is 31.2. The minimum Gasteiger partial charge on any atom is -0.462 e. The Bertz CT molecular complexity index is 959. The first-order valence-electron chi connectivity index (χ1n) is 22.8. The molecular formula is C45H86NO8P. The minimum absolute atomic E-state index is 0.0540. The van der Waals surface area contributed by atoms with Gasteiger partial charge in [0.25, 0.3) is 0 Å². The molecule has 0 rings (SSSR count). The average molecular weight is 800 g/mol. The van der Waals surface area contributed by atoms with E-state index in [0.717, 1.165) is 51.4 Å². The molecule has 0 heterocycles. The van der Waals surface area contributed by atoms with Crippen LogP contribution in [0.25, 0.3) is 0 Å². The Kier molecular flexibility index (Phi) is 40.9. The Labute approximate surface area is 338 Å². The van der Waals surface area contributed by atoms with Crippen LogP contribution in [0.3, 0.4) is 0 Å². The summed E-state index contributed by atoms with van der Waals surface area (Å²) >= 11 is 0. The van der Waals surface area contributed by atoms with Crippen LogP contribution in [0.4, 0.5) is 0 Å². The summed E-state index contributed by atoms with van der Waals surface area (Å²) in [6.45, 7) is 3.73. The molecule has 10 heteroatoms. The molecule has 9 nitrogen and oxygen atoms in total. The van der Waals surface area contributed by atoms with E-state index in [0.29, 0.717) is 6.42 Å². The Hall–Kier alpha value is -1.51. The average Bonchev–Trinajstić information content (AvgIpc) is 3.17. The summed E-state index contributed by atoms with van der Waals surface area (Å²) in [5, 5.41) is 0. The summed E-state index contributed by atoms with van der Waals surface area (Å²) in [6.07, 6.45) is 44.9. The number of hydrogen-bond donors (Lipinski definition) is 2. The second-order valence-electron chi connectivity index (χ2n) is 15.3. The highest BCUT2D eigenvalue weighted by Gasteiger charge is 2.26. The van der Waals surface area contributed by atoms with Crippen LogP contribution in [0, 0.1) is 0 Å². The molecule has 0 radical (unpaired) electrons. The van der Waals surface area contributed by atoms with Gasteiger partial charge in [0, 0.05) is 19.4 Å². The summed E-state index contributed by atoms with van der Waals surface area (Å²) in [5.74, 6) is -0.828. The van der Waals surface area contributed by atoms with Gasteiger partial charge in [-0.15, -0.1) is 0 Å². The number of esters is 2.